The van der Waals surface area contributed by atoms with Crippen molar-refractivity contribution in [3.63, 3.8) is 0 Å². The van der Waals surface area contributed by atoms with Crippen LogP contribution in [-0.4, -0.2) is 30.0 Å². The monoisotopic (exact) mass is 386 g/mol. The lowest BCUT2D eigenvalue weighted by Gasteiger charge is -2.17. The molecule has 0 unspecified atom stereocenters. The number of nitro groups is 1. The van der Waals surface area contributed by atoms with E-state index in [1.807, 2.05) is 32.9 Å². The number of carbonyl (C=O) groups excluding carboxylic acids is 2. The maximum atomic E-state index is 12.4. The highest BCUT2D eigenvalue weighted by Crippen LogP contribution is 2.28. The number of hydrogen-bond acceptors (Lipinski definition) is 6. The van der Waals surface area contributed by atoms with Crippen LogP contribution < -0.4 is 10.1 Å². The number of benzene rings is 2. The van der Waals surface area contributed by atoms with Crippen molar-refractivity contribution in [3.05, 3.63) is 62.7 Å². The van der Waals surface area contributed by atoms with E-state index in [9.17, 15) is 19.7 Å². The summed E-state index contributed by atoms with van der Waals surface area (Å²) in [6, 6.07) is 7.58. The molecule has 28 heavy (non-hydrogen) atoms. The van der Waals surface area contributed by atoms with Crippen LogP contribution in [0.25, 0.3) is 0 Å². The maximum Gasteiger partial charge on any atom is 0.339 e. The number of ether oxygens (including phenoxy) is 2. The van der Waals surface area contributed by atoms with Gasteiger partial charge < -0.3 is 14.8 Å². The van der Waals surface area contributed by atoms with E-state index in [2.05, 4.69) is 5.32 Å². The Labute approximate surface area is 162 Å². The standard InChI is InChI=1S/C20H22N2O6/c1-11-8-12(2)18(13(3)9-11)21-19(23)14(4)28-20(24)15-6-7-17(27-5)16(10-15)22(25)26/h6-10,14H,1-5H3,(H,21,23)/t14-/m0/s1. The van der Waals surface area contributed by atoms with Crippen LogP contribution in [0, 0.1) is 30.9 Å². The molecule has 148 valence electrons. The lowest BCUT2D eigenvalue weighted by atomic mass is 10.0. The van der Waals surface area contributed by atoms with Crippen molar-refractivity contribution >= 4 is 23.3 Å². The number of rotatable bonds is 6. The number of hydrogen-bond donors (Lipinski definition) is 1. The van der Waals surface area contributed by atoms with Gasteiger partial charge in [-0.2, -0.15) is 0 Å². The van der Waals surface area contributed by atoms with Crippen molar-refractivity contribution in [2.24, 2.45) is 0 Å². The van der Waals surface area contributed by atoms with Crippen molar-refractivity contribution in [1.82, 2.24) is 0 Å². The molecule has 0 spiro atoms. The molecule has 0 fully saturated rings. The third-order valence-corrected chi connectivity index (χ3v) is 4.19. The minimum Gasteiger partial charge on any atom is -0.490 e. The number of anilines is 1. The number of carbonyl (C=O) groups is 2. The summed E-state index contributed by atoms with van der Waals surface area (Å²) in [6.45, 7) is 7.15. The van der Waals surface area contributed by atoms with Gasteiger partial charge in [-0.15, -0.1) is 0 Å². The first-order chi connectivity index (χ1) is 13.1. The van der Waals surface area contributed by atoms with Gasteiger partial charge in [0.15, 0.2) is 11.9 Å². The van der Waals surface area contributed by atoms with Crippen LogP contribution in [0.2, 0.25) is 0 Å². The molecule has 8 heteroatoms. The van der Waals surface area contributed by atoms with Gasteiger partial charge in [-0.25, -0.2) is 4.79 Å². The van der Waals surface area contributed by atoms with E-state index in [0.717, 1.165) is 22.8 Å². The van der Waals surface area contributed by atoms with E-state index in [4.69, 9.17) is 9.47 Å². The van der Waals surface area contributed by atoms with Crippen LogP contribution in [-0.2, 0) is 9.53 Å². The Morgan fingerprint density at radius 2 is 1.71 bits per heavy atom. The molecule has 0 aliphatic rings. The quantitative estimate of drug-likeness (QED) is 0.461. The molecule has 0 saturated heterocycles. The zero-order chi connectivity index (χ0) is 21.0. The minimum atomic E-state index is -1.09. The summed E-state index contributed by atoms with van der Waals surface area (Å²) in [7, 11) is 1.29. The molecule has 0 bridgehead atoms. The minimum absolute atomic E-state index is 0.0256. The SMILES string of the molecule is COc1ccc(C(=O)O[C@@H](C)C(=O)Nc2c(C)cc(C)cc2C)cc1[N+](=O)[O-]. The Morgan fingerprint density at radius 3 is 2.25 bits per heavy atom. The first-order valence-corrected chi connectivity index (χ1v) is 8.56. The number of nitrogens with zero attached hydrogens (tertiary/aromatic N) is 1. The Balaban J connectivity index is 2.13. The highest BCUT2D eigenvalue weighted by atomic mass is 16.6. The predicted molar refractivity (Wildman–Crippen MR) is 104 cm³/mol. The van der Waals surface area contributed by atoms with Gasteiger partial charge in [0.05, 0.1) is 17.6 Å². The molecule has 0 aliphatic carbocycles. The molecular weight excluding hydrogens is 364 g/mol. The van der Waals surface area contributed by atoms with Gasteiger partial charge >= 0.3 is 11.7 Å². The third kappa shape index (κ3) is 4.64. The van der Waals surface area contributed by atoms with E-state index < -0.39 is 22.9 Å². The number of aryl methyl sites for hydroxylation is 3. The average Bonchev–Trinajstić information content (AvgIpc) is 2.63. The Morgan fingerprint density at radius 1 is 1.11 bits per heavy atom. The third-order valence-electron chi connectivity index (χ3n) is 4.19. The fourth-order valence-corrected chi connectivity index (χ4v) is 2.84. The largest absolute Gasteiger partial charge is 0.490 e. The topological polar surface area (TPSA) is 108 Å². The maximum absolute atomic E-state index is 12.4. The normalized spacial score (nSPS) is 11.5. The first-order valence-electron chi connectivity index (χ1n) is 8.56. The highest BCUT2D eigenvalue weighted by Gasteiger charge is 2.23. The molecule has 0 aromatic heterocycles. The van der Waals surface area contributed by atoms with Crippen molar-refractivity contribution in [1.29, 1.82) is 0 Å². The van der Waals surface area contributed by atoms with Crippen LogP contribution in [0.1, 0.15) is 34.0 Å². The van der Waals surface area contributed by atoms with Crippen LogP contribution >= 0.6 is 0 Å². The van der Waals surface area contributed by atoms with Crippen LogP contribution in [0.15, 0.2) is 30.3 Å². The van der Waals surface area contributed by atoms with Crippen molar-refractivity contribution < 1.29 is 24.0 Å². The molecule has 2 rings (SSSR count). The molecule has 0 heterocycles. The lowest BCUT2D eigenvalue weighted by Crippen LogP contribution is -2.30. The number of amides is 1. The highest BCUT2D eigenvalue weighted by molar-refractivity contribution is 5.98. The van der Waals surface area contributed by atoms with Gasteiger partial charge in [0, 0.05) is 11.8 Å². The van der Waals surface area contributed by atoms with E-state index in [-0.39, 0.29) is 17.0 Å². The van der Waals surface area contributed by atoms with Crippen LogP contribution in [0.3, 0.4) is 0 Å². The summed E-state index contributed by atoms with van der Waals surface area (Å²) >= 11 is 0. The summed E-state index contributed by atoms with van der Waals surface area (Å²) in [5.74, 6) is -1.31. The molecule has 0 radical (unpaired) electrons. The number of nitrogens with one attached hydrogen (secondary N) is 1. The number of methoxy groups -OCH3 is 1. The average molecular weight is 386 g/mol. The van der Waals surface area contributed by atoms with E-state index in [0.29, 0.717) is 5.69 Å². The van der Waals surface area contributed by atoms with Gasteiger partial charge in [-0.3, -0.25) is 14.9 Å². The Hall–Kier alpha value is -3.42. The molecule has 2 aromatic carbocycles. The molecule has 8 nitrogen and oxygen atoms in total. The fraction of sp³-hybridized carbons (Fsp3) is 0.300. The smallest absolute Gasteiger partial charge is 0.339 e. The van der Waals surface area contributed by atoms with Gasteiger partial charge in [0.1, 0.15) is 0 Å². The van der Waals surface area contributed by atoms with Crippen molar-refractivity contribution in [3.8, 4) is 5.75 Å². The fourth-order valence-electron chi connectivity index (χ4n) is 2.84. The van der Waals surface area contributed by atoms with E-state index in [1.165, 1.54) is 26.2 Å². The van der Waals surface area contributed by atoms with Gasteiger partial charge in [-0.1, -0.05) is 17.7 Å². The summed E-state index contributed by atoms with van der Waals surface area (Å²) < 4.78 is 10.1. The Bertz CT molecular complexity index is 915. The summed E-state index contributed by atoms with van der Waals surface area (Å²) in [6.07, 6.45) is -1.09. The molecular formula is C20H22N2O6. The van der Waals surface area contributed by atoms with Crippen molar-refractivity contribution in [2.75, 3.05) is 12.4 Å². The molecule has 0 aliphatic heterocycles. The number of nitro benzene ring substituents is 1. The van der Waals surface area contributed by atoms with Crippen molar-refractivity contribution in [2.45, 2.75) is 33.8 Å². The molecule has 1 N–H and O–H groups in total. The predicted octanol–water partition coefficient (Wildman–Crippen LogP) is 3.71. The lowest BCUT2D eigenvalue weighted by molar-refractivity contribution is -0.385. The second-order valence-electron chi connectivity index (χ2n) is 6.45. The van der Waals surface area contributed by atoms with Gasteiger partial charge in [0.25, 0.3) is 5.91 Å². The van der Waals surface area contributed by atoms with Crippen LogP contribution in [0.5, 0.6) is 5.75 Å². The van der Waals surface area contributed by atoms with Gasteiger partial charge in [0.2, 0.25) is 0 Å². The second-order valence-corrected chi connectivity index (χ2v) is 6.45. The summed E-state index contributed by atoms with van der Waals surface area (Å²) in [5.41, 5.74) is 3.13. The summed E-state index contributed by atoms with van der Waals surface area (Å²) in [4.78, 5) is 35.2. The van der Waals surface area contributed by atoms with E-state index in [1.54, 1.807) is 0 Å². The second kappa shape index (κ2) is 8.51. The molecule has 2 aromatic rings. The molecule has 0 saturated carbocycles. The first kappa shape index (κ1) is 20.9. The zero-order valence-electron chi connectivity index (χ0n) is 16.4. The zero-order valence-corrected chi connectivity index (χ0v) is 16.4. The summed E-state index contributed by atoms with van der Waals surface area (Å²) in [5, 5.41) is 13.9. The number of esters is 1. The Kier molecular flexibility index (Phi) is 6.35. The van der Waals surface area contributed by atoms with E-state index >= 15 is 0 Å². The van der Waals surface area contributed by atoms with Crippen LogP contribution in [0.4, 0.5) is 11.4 Å². The van der Waals surface area contributed by atoms with Gasteiger partial charge in [-0.05, 0) is 51.0 Å². The molecule has 1 amide bonds. The molecule has 1 atom stereocenters.